The zero-order chi connectivity index (χ0) is 19.1. The van der Waals surface area contributed by atoms with E-state index in [9.17, 15) is 4.39 Å². The molecule has 0 N–H and O–H groups in total. The molecule has 0 amide bonds. The van der Waals surface area contributed by atoms with Crippen LogP contribution in [0.25, 0.3) is 16.5 Å². The summed E-state index contributed by atoms with van der Waals surface area (Å²) >= 11 is 12.2. The molecule has 2 nitrogen and oxygen atoms in total. The molecule has 2 heterocycles. The van der Waals surface area contributed by atoms with Gasteiger partial charge in [0.1, 0.15) is 5.82 Å². The van der Waals surface area contributed by atoms with Gasteiger partial charge in [0, 0.05) is 47.7 Å². The molecule has 0 saturated heterocycles. The van der Waals surface area contributed by atoms with Crippen molar-refractivity contribution >= 4 is 39.7 Å². The van der Waals surface area contributed by atoms with Crippen molar-refractivity contribution in [2.45, 2.75) is 19.4 Å². The first-order valence-electron chi connectivity index (χ1n) is 9.05. The molecule has 1 aromatic heterocycles. The minimum atomic E-state index is -0.411. The van der Waals surface area contributed by atoms with Gasteiger partial charge in [0.15, 0.2) is 0 Å². The Hall–Kier alpha value is -1.81. The fourth-order valence-electron chi connectivity index (χ4n) is 3.90. The van der Waals surface area contributed by atoms with Crippen LogP contribution >= 0.6 is 23.2 Å². The Morgan fingerprint density at radius 2 is 1.89 bits per heavy atom. The maximum Gasteiger partial charge on any atom is 0.141 e. The summed E-state index contributed by atoms with van der Waals surface area (Å²) in [7, 11) is 2.16. The highest BCUT2D eigenvalue weighted by molar-refractivity contribution is 6.31. The third-order valence-corrected chi connectivity index (χ3v) is 5.92. The van der Waals surface area contributed by atoms with Crippen LogP contribution in [0.4, 0.5) is 4.39 Å². The van der Waals surface area contributed by atoms with Gasteiger partial charge in [-0.15, -0.1) is 0 Å². The Kier molecular flexibility index (Phi) is 5.02. The van der Waals surface area contributed by atoms with Gasteiger partial charge in [0.25, 0.3) is 0 Å². The van der Waals surface area contributed by atoms with Crippen molar-refractivity contribution in [1.29, 1.82) is 0 Å². The van der Waals surface area contributed by atoms with Gasteiger partial charge in [-0.1, -0.05) is 35.8 Å². The second-order valence-corrected chi connectivity index (χ2v) is 8.05. The molecule has 0 saturated carbocycles. The zero-order valence-corrected chi connectivity index (χ0v) is 16.7. The predicted octanol–water partition coefficient (Wildman–Crippen LogP) is 5.83. The fourth-order valence-corrected chi connectivity index (χ4v) is 4.26. The van der Waals surface area contributed by atoms with Crippen molar-refractivity contribution in [3.8, 4) is 0 Å². The molecule has 0 bridgehead atoms. The van der Waals surface area contributed by atoms with Crippen LogP contribution in [-0.4, -0.2) is 29.6 Å². The normalized spacial score (nSPS) is 15.0. The van der Waals surface area contributed by atoms with Crippen LogP contribution in [0.15, 0.2) is 43.0 Å². The van der Waals surface area contributed by atoms with Crippen LogP contribution < -0.4 is 0 Å². The molecule has 1 aliphatic heterocycles. The average molecular weight is 403 g/mol. The number of aromatic nitrogens is 1. The van der Waals surface area contributed by atoms with E-state index in [0.717, 1.165) is 42.1 Å². The topological polar surface area (TPSA) is 8.17 Å². The molecule has 0 atom stereocenters. The van der Waals surface area contributed by atoms with E-state index in [1.54, 1.807) is 12.1 Å². The Bertz CT molecular complexity index is 1040. The monoisotopic (exact) mass is 402 g/mol. The minimum Gasteiger partial charge on any atom is -0.340 e. The number of rotatable bonds is 3. The summed E-state index contributed by atoms with van der Waals surface area (Å²) in [6.45, 7) is 6.94. The molecule has 1 aliphatic rings. The number of nitrogens with zero attached hydrogens (tertiary/aromatic N) is 2. The number of hydrogen-bond donors (Lipinski definition) is 0. The van der Waals surface area contributed by atoms with Gasteiger partial charge in [0.2, 0.25) is 0 Å². The van der Waals surface area contributed by atoms with Crippen molar-refractivity contribution in [3.63, 3.8) is 0 Å². The molecule has 0 unspecified atom stereocenters. The molecule has 140 valence electrons. The lowest BCUT2D eigenvalue weighted by atomic mass is 10.1. The lowest BCUT2D eigenvalue weighted by Gasteiger charge is -2.15. The van der Waals surface area contributed by atoms with Gasteiger partial charge in [-0.2, -0.15) is 0 Å². The van der Waals surface area contributed by atoms with E-state index in [-0.39, 0.29) is 5.02 Å². The lowest BCUT2D eigenvalue weighted by molar-refractivity contribution is 0.351. The first kappa shape index (κ1) is 18.5. The van der Waals surface area contributed by atoms with Gasteiger partial charge in [-0.3, -0.25) is 0 Å². The molecule has 0 fully saturated rings. The number of benzene rings is 2. The second kappa shape index (κ2) is 7.31. The molecule has 0 aliphatic carbocycles. The molecule has 0 radical (unpaired) electrons. The predicted molar refractivity (Wildman–Crippen MR) is 112 cm³/mol. The summed E-state index contributed by atoms with van der Waals surface area (Å²) in [6, 6.07) is 10.9. The SMILES string of the molecule is C=C(Cn1c2c(c3cc(Cl)ccc31)CCN(C)CC2)c1ccc(F)c(Cl)c1. The number of hydrogen-bond acceptors (Lipinski definition) is 1. The largest absolute Gasteiger partial charge is 0.340 e. The summed E-state index contributed by atoms with van der Waals surface area (Å²) in [4.78, 5) is 2.36. The molecular formula is C22H21Cl2FN2. The summed E-state index contributed by atoms with van der Waals surface area (Å²) in [5, 5.41) is 2.10. The van der Waals surface area contributed by atoms with Crippen LogP contribution in [-0.2, 0) is 19.4 Å². The molecule has 4 rings (SSSR count). The summed E-state index contributed by atoms with van der Waals surface area (Å²) < 4.78 is 15.8. The Morgan fingerprint density at radius 3 is 2.67 bits per heavy atom. The van der Waals surface area contributed by atoms with Crippen molar-refractivity contribution in [1.82, 2.24) is 9.47 Å². The maximum atomic E-state index is 13.5. The molecular weight excluding hydrogens is 382 g/mol. The van der Waals surface area contributed by atoms with Crippen LogP contribution in [0.5, 0.6) is 0 Å². The Balaban J connectivity index is 1.79. The third-order valence-electron chi connectivity index (χ3n) is 5.40. The van der Waals surface area contributed by atoms with E-state index >= 15 is 0 Å². The quantitative estimate of drug-likeness (QED) is 0.534. The first-order valence-corrected chi connectivity index (χ1v) is 9.81. The third kappa shape index (κ3) is 3.52. The standard InChI is InChI=1S/C22H21Cl2FN2/c1-14(15-3-5-20(25)19(24)11-15)13-27-21-6-4-16(23)12-18(21)17-7-9-26(2)10-8-22(17)27/h3-6,11-12H,1,7-10,13H2,2H3. The minimum absolute atomic E-state index is 0.123. The Morgan fingerprint density at radius 1 is 1.11 bits per heavy atom. The van der Waals surface area contributed by atoms with Gasteiger partial charge < -0.3 is 9.47 Å². The molecule has 3 aromatic rings. The van der Waals surface area contributed by atoms with E-state index in [1.807, 2.05) is 6.07 Å². The molecule has 2 aromatic carbocycles. The highest BCUT2D eigenvalue weighted by atomic mass is 35.5. The number of fused-ring (bicyclic) bond motifs is 3. The lowest BCUT2D eigenvalue weighted by Crippen LogP contribution is -2.21. The highest BCUT2D eigenvalue weighted by Crippen LogP contribution is 2.33. The van der Waals surface area contributed by atoms with Crippen molar-refractivity contribution in [2.24, 2.45) is 0 Å². The molecule has 5 heteroatoms. The van der Waals surface area contributed by atoms with Crippen LogP contribution in [0.2, 0.25) is 10.0 Å². The van der Waals surface area contributed by atoms with Crippen molar-refractivity contribution < 1.29 is 4.39 Å². The number of halogens is 3. The van der Waals surface area contributed by atoms with Crippen LogP contribution in [0, 0.1) is 5.82 Å². The number of allylic oxidation sites excluding steroid dienone is 1. The van der Waals surface area contributed by atoms with E-state index in [2.05, 4.69) is 35.2 Å². The zero-order valence-electron chi connectivity index (χ0n) is 15.2. The summed E-state index contributed by atoms with van der Waals surface area (Å²) in [5.41, 5.74) is 5.65. The van der Waals surface area contributed by atoms with Gasteiger partial charge >= 0.3 is 0 Å². The van der Waals surface area contributed by atoms with Gasteiger partial charge in [-0.05, 0) is 60.5 Å². The Labute approximate surface area is 168 Å². The average Bonchev–Trinajstić information content (AvgIpc) is 2.78. The van der Waals surface area contributed by atoms with E-state index in [1.165, 1.54) is 28.2 Å². The number of likely N-dealkylation sites (N-methyl/N-ethyl adjacent to an activating group) is 1. The van der Waals surface area contributed by atoms with E-state index < -0.39 is 5.82 Å². The maximum absolute atomic E-state index is 13.5. The van der Waals surface area contributed by atoms with Crippen molar-refractivity contribution in [3.05, 3.63) is 75.7 Å². The van der Waals surface area contributed by atoms with E-state index in [4.69, 9.17) is 23.2 Å². The second-order valence-electron chi connectivity index (χ2n) is 7.21. The van der Waals surface area contributed by atoms with Gasteiger partial charge in [-0.25, -0.2) is 4.39 Å². The first-order chi connectivity index (χ1) is 12.9. The smallest absolute Gasteiger partial charge is 0.141 e. The fraction of sp³-hybridized carbons (Fsp3) is 0.273. The van der Waals surface area contributed by atoms with Crippen LogP contribution in [0.1, 0.15) is 16.8 Å². The highest BCUT2D eigenvalue weighted by Gasteiger charge is 2.21. The molecule has 0 spiro atoms. The summed E-state index contributed by atoms with van der Waals surface area (Å²) in [5.74, 6) is -0.411. The molecule has 27 heavy (non-hydrogen) atoms. The van der Waals surface area contributed by atoms with Gasteiger partial charge in [0.05, 0.1) is 5.02 Å². The summed E-state index contributed by atoms with van der Waals surface area (Å²) in [6.07, 6.45) is 1.99. The van der Waals surface area contributed by atoms with Crippen molar-refractivity contribution in [2.75, 3.05) is 20.1 Å². The van der Waals surface area contributed by atoms with E-state index in [0.29, 0.717) is 6.54 Å². The van der Waals surface area contributed by atoms with Crippen LogP contribution in [0.3, 0.4) is 0 Å².